The second kappa shape index (κ2) is 8.62. The van der Waals surface area contributed by atoms with Crippen molar-refractivity contribution >= 4 is 23.5 Å². The van der Waals surface area contributed by atoms with Crippen LogP contribution in [-0.4, -0.2) is 60.0 Å². The number of carbonyl (C=O) groups excluding carboxylic acids is 3. The zero-order chi connectivity index (χ0) is 21.9. The third-order valence-corrected chi connectivity index (χ3v) is 4.80. The first kappa shape index (κ1) is 21.4. The number of aromatic nitrogens is 2. The number of carbonyl (C=O) groups is 3. The van der Waals surface area contributed by atoms with Crippen molar-refractivity contribution < 1.29 is 28.2 Å². The van der Waals surface area contributed by atoms with Crippen LogP contribution in [0, 0.1) is 5.82 Å². The monoisotopic (exact) mass is 418 g/mol. The Morgan fingerprint density at radius 3 is 2.63 bits per heavy atom. The molecule has 1 aromatic carbocycles. The number of anilines is 1. The number of esters is 1. The molecule has 0 saturated carbocycles. The maximum Gasteiger partial charge on any atom is 0.358 e. The third-order valence-electron chi connectivity index (χ3n) is 4.80. The molecule has 0 unspecified atom stereocenters. The molecule has 0 spiro atoms. The first-order valence-corrected chi connectivity index (χ1v) is 9.44. The van der Waals surface area contributed by atoms with Gasteiger partial charge in [-0.1, -0.05) is 0 Å². The molecule has 2 amide bonds. The molecule has 1 aliphatic rings. The third kappa shape index (κ3) is 3.90. The van der Waals surface area contributed by atoms with Crippen LogP contribution in [0.5, 0.6) is 0 Å². The van der Waals surface area contributed by atoms with Gasteiger partial charge in [0.2, 0.25) is 5.91 Å². The van der Waals surface area contributed by atoms with Gasteiger partial charge < -0.3 is 14.8 Å². The lowest BCUT2D eigenvalue weighted by Gasteiger charge is -2.43. The summed E-state index contributed by atoms with van der Waals surface area (Å²) in [5, 5.41) is 6.91. The maximum atomic E-state index is 13.4. The summed E-state index contributed by atoms with van der Waals surface area (Å²) in [6.07, 6.45) is 0. The summed E-state index contributed by atoms with van der Waals surface area (Å²) in [5.74, 6) is -2.10. The van der Waals surface area contributed by atoms with Crippen molar-refractivity contribution in [1.82, 2.24) is 15.1 Å². The Hall–Kier alpha value is -3.27. The fourth-order valence-electron chi connectivity index (χ4n) is 3.34. The normalized spacial score (nSPS) is 18.1. The van der Waals surface area contributed by atoms with E-state index in [1.807, 2.05) is 0 Å². The molecule has 0 bridgehead atoms. The highest BCUT2D eigenvalue weighted by Crippen LogP contribution is 2.33. The summed E-state index contributed by atoms with van der Waals surface area (Å²) in [4.78, 5) is 39.8. The molecule has 10 heteroatoms. The molecule has 2 heterocycles. The highest BCUT2D eigenvalue weighted by Gasteiger charge is 2.49. The van der Waals surface area contributed by atoms with E-state index < -0.39 is 29.1 Å². The van der Waals surface area contributed by atoms with E-state index in [-0.39, 0.29) is 31.1 Å². The van der Waals surface area contributed by atoms with Gasteiger partial charge in [-0.3, -0.25) is 19.2 Å². The standard InChI is InChI=1S/C20H23FN4O5/c1-4-30-18(27)15-11-16-17(26)25(14-7-5-13(21)6-8-14)20(2,12-24(16)23-15)19(28)22-9-10-29-3/h5-8,11H,4,9-10,12H2,1-3H3,(H,22,28)/t20-/m1/s1. The molecule has 2 aromatic rings. The van der Waals surface area contributed by atoms with Gasteiger partial charge in [0, 0.05) is 25.4 Å². The lowest BCUT2D eigenvalue weighted by atomic mass is 9.94. The van der Waals surface area contributed by atoms with E-state index in [1.165, 1.54) is 47.0 Å². The Kier molecular flexibility index (Phi) is 6.16. The lowest BCUT2D eigenvalue weighted by Crippen LogP contribution is -2.64. The van der Waals surface area contributed by atoms with Crippen LogP contribution in [-0.2, 0) is 20.8 Å². The number of hydrogen-bond donors (Lipinski definition) is 1. The number of hydrogen-bond acceptors (Lipinski definition) is 6. The minimum absolute atomic E-state index is 0.0102. The predicted octanol–water partition coefficient (Wildman–Crippen LogP) is 1.38. The van der Waals surface area contributed by atoms with E-state index in [0.717, 1.165) is 0 Å². The summed E-state index contributed by atoms with van der Waals surface area (Å²) in [7, 11) is 1.51. The Morgan fingerprint density at radius 2 is 2.00 bits per heavy atom. The number of nitrogens with zero attached hydrogens (tertiary/aromatic N) is 3. The van der Waals surface area contributed by atoms with E-state index in [4.69, 9.17) is 9.47 Å². The minimum atomic E-state index is -1.38. The summed E-state index contributed by atoms with van der Waals surface area (Å²) in [5.41, 5.74) is -0.933. The summed E-state index contributed by atoms with van der Waals surface area (Å²) < 4.78 is 24.7. The minimum Gasteiger partial charge on any atom is -0.461 e. The molecule has 160 valence electrons. The second-order valence-electron chi connectivity index (χ2n) is 6.93. The molecule has 1 atom stereocenters. The van der Waals surface area contributed by atoms with E-state index in [2.05, 4.69) is 10.4 Å². The molecule has 0 saturated heterocycles. The van der Waals surface area contributed by atoms with Crippen molar-refractivity contribution in [2.75, 3.05) is 31.8 Å². The number of fused-ring (bicyclic) bond motifs is 1. The van der Waals surface area contributed by atoms with Gasteiger partial charge >= 0.3 is 5.97 Å². The molecule has 1 aliphatic heterocycles. The number of benzene rings is 1. The summed E-state index contributed by atoms with van der Waals surface area (Å²) in [6.45, 7) is 3.95. The second-order valence-corrected chi connectivity index (χ2v) is 6.93. The van der Waals surface area contributed by atoms with Gasteiger partial charge in [0.05, 0.1) is 19.8 Å². The maximum absolute atomic E-state index is 13.4. The first-order chi connectivity index (χ1) is 14.3. The van der Waals surface area contributed by atoms with Crippen LogP contribution in [0.3, 0.4) is 0 Å². The zero-order valence-corrected chi connectivity index (χ0v) is 17.0. The smallest absolute Gasteiger partial charge is 0.358 e. The predicted molar refractivity (Wildman–Crippen MR) is 105 cm³/mol. The number of halogens is 1. The molecule has 0 radical (unpaired) electrons. The van der Waals surface area contributed by atoms with Crippen molar-refractivity contribution in [2.45, 2.75) is 25.9 Å². The van der Waals surface area contributed by atoms with E-state index in [0.29, 0.717) is 12.3 Å². The van der Waals surface area contributed by atoms with Crippen LogP contribution >= 0.6 is 0 Å². The molecule has 9 nitrogen and oxygen atoms in total. The Morgan fingerprint density at radius 1 is 1.30 bits per heavy atom. The number of nitrogens with one attached hydrogen (secondary N) is 1. The van der Waals surface area contributed by atoms with Crippen molar-refractivity contribution in [1.29, 1.82) is 0 Å². The van der Waals surface area contributed by atoms with Gasteiger partial charge in [0.25, 0.3) is 5.91 Å². The largest absolute Gasteiger partial charge is 0.461 e. The average molecular weight is 418 g/mol. The Labute approximate surface area is 172 Å². The zero-order valence-electron chi connectivity index (χ0n) is 17.0. The van der Waals surface area contributed by atoms with Gasteiger partial charge in [0.1, 0.15) is 17.1 Å². The van der Waals surface area contributed by atoms with Crippen LogP contribution < -0.4 is 10.2 Å². The Balaban J connectivity index is 2.05. The Bertz CT molecular complexity index is 959. The van der Waals surface area contributed by atoms with Crippen LogP contribution in [0.4, 0.5) is 10.1 Å². The topological polar surface area (TPSA) is 103 Å². The fourth-order valence-corrected chi connectivity index (χ4v) is 3.34. The molecular weight excluding hydrogens is 395 g/mol. The molecule has 30 heavy (non-hydrogen) atoms. The van der Waals surface area contributed by atoms with Gasteiger partial charge in [-0.25, -0.2) is 9.18 Å². The van der Waals surface area contributed by atoms with Crippen LogP contribution in [0.1, 0.15) is 34.8 Å². The van der Waals surface area contributed by atoms with Crippen molar-refractivity contribution in [3.05, 3.63) is 47.5 Å². The SMILES string of the molecule is CCOC(=O)c1cc2n(n1)C[C@](C)(C(=O)NCCOC)N(c1ccc(F)cc1)C2=O. The number of amides is 2. The number of rotatable bonds is 7. The first-order valence-electron chi connectivity index (χ1n) is 9.44. The van der Waals surface area contributed by atoms with E-state index >= 15 is 0 Å². The highest BCUT2D eigenvalue weighted by molar-refractivity contribution is 6.12. The average Bonchev–Trinajstić information content (AvgIpc) is 3.14. The van der Waals surface area contributed by atoms with Crippen molar-refractivity contribution in [3.63, 3.8) is 0 Å². The van der Waals surface area contributed by atoms with E-state index in [9.17, 15) is 18.8 Å². The van der Waals surface area contributed by atoms with Gasteiger partial charge in [-0.15, -0.1) is 0 Å². The van der Waals surface area contributed by atoms with Gasteiger partial charge in [-0.2, -0.15) is 5.10 Å². The molecule has 0 fully saturated rings. The van der Waals surface area contributed by atoms with Crippen LogP contribution in [0.15, 0.2) is 30.3 Å². The molecule has 1 N–H and O–H groups in total. The van der Waals surface area contributed by atoms with E-state index in [1.54, 1.807) is 13.8 Å². The summed E-state index contributed by atoms with van der Waals surface area (Å²) >= 11 is 0. The van der Waals surface area contributed by atoms with Crippen LogP contribution in [0.2, 0.25) is 0 Å². The highest BCUT2D eigenvalue weighted by atomic mass is 19.1. The van der Waals surface area contributed by atoms with Gasteiger partial charge in [0.15, 0.2) is 5.69 Å². The molecular formula is C20H23FN4O5. The summed E-state index contributed by atoms with van der Waals surface area (Å²) in [6, 6.07) is 6.60. The fraction of sp³-hybridized carbons (Fsp3) is 0.400. The molecule has 0 aliphatic carbocycles. The van der Waals surface area contributed by atoms with Crippen molar-refractivity contribution in [2.24, 2.45) is 0 Å². The van der Waals surface area contributed by atoms with Crippen LogP contribution in [0.25, 0.3) is 0 Å². The van der Waals surface area contributed by atoms with Gasteiger partial charge in [-0.05, 0) is 38.1 Å². The lowest BCUT2D eigenvalue weighted by molar-refractivity contribution is -0.126. The molecule has 3 rings (SSSR count). The molecule has 1 aromatic heterocycles. The van der Waals surface area contributed by atoms with Crippen molar-refractivity contribution in [3.8, 4) is 0 Å². The number of methoxy groups -OCH3 is 1. The number of ether oxygens (including phenoxy) is 2. The quantitative estimate of drug-likeness (QED) is 0.538.